The predicted molar refractivity (Wildman–Crippen MR) is 92.9 cm³/mol. The van der Waals surface area contributed by atoms with E-state index < -0.39 is 27.2 Å². The molecule has 26 heavy (non-hydrogen) atoms. The van der Waals surface area contributed by atoms with Gasteiger partial charge in [0.25, 0.3) is 11.4 Å². The lowest BCUT2D eigenvalue weighted by Crippen LogP contribution is -2.09. The average Bonchev–Trinajstić information content (AvgIpc) is 3.03. The zero-order chi connectivity index (χ0) is 18.7. The number of esters is 1. The highest BCUT2D eigenvalue weighted by molar-refractivity contribution is 7.18. The number of carbonyl (C=O) groups is 1. The minimum absolute atomic E-state index is 0.0427. The van der Waals surface area contributed by atoms with E-state index in [1.165, 1.54) is 17.4 Å². The summed E-state index contributed by atoms with van der Waals surface area (Å²) in [4.78, 5) is 36.6. The number of aromatic nitrogens is 1. The number of para-hydroxylation sites is 1. The van der Waals surface area contributed by atoms with Crippen molar-refractivity contribution in [3.8, 4) is 0 Å². The highest BCUT2D eigenvalue weighted by Gasteiger charge is 2.21. The van der Waals surface area contributed by atoms with Gasteiger partial charge in [0.15, 0.2) is 0 Å². The summed E-state index contributed by atoms with van der Waals surface area (Å²) in [7, 11) is 0. The van der Waals surface area contributed by atoms with Crippen LogP contribution < -0.4 is 0 Å². The van der Waals surface area contributed by atoms with E-state index in [2.05, 4.69) is 4.98 Å². The Kier molecular flexibility index (Phi) is 4.85. The fourth-order valence-electron chi connectivity index (χ4n) is 2.32. The lowest BCUT2D eigenvalue weighted by atomic mass is 10.1. The Morgan fingerprint density at radius 2 is 1.88 bits per heavy atom. The van der Waals surface area contributed by atoms with Crippen molar-refractivity contribution in [3.63, 3.8) is 0 Å². The molecular formula is C16H11N3O6S. The molecule has 1 heterocycles. The number of nitrogens with zero attached hydrogens (tertiary/aromatic N) is 3. The third kappa shape index (κ3) is 3.81. The normalized spacial score (nSPS) is 10.6. The van der Waals surface area contributed by atoms with Crippen LogP contribution in [0.15, 0.2) is 42.5 Å². The van der Waals surface area contributed by atoms with Crippen molar-refractivity contribution in [1.82, 2.24) is 4.98 Å². The topological polar surface area (TPSA) is 125 Å². The second-order valence-corrected chi connectivity index (χ2v) is 6.36. The summed E-state index contributed by atoms with van der Waals surface area (Å²) in [5.74, 6) is -0.679. The van der Waals surface area contributed by atoms with Gasteiger partial charge in [-0.25, -0.2) is 4.98 Å². The van der Waals surface area contributed by atoms with E-state index in [1.807, 2.05) is 24.3 Å². The predicted octanol–water partition coefficient (Wildman–Crippen LogP) is 3.40. The van der Waals surface area contributed by atoms with Crippen molar-refractivity contribution < 1.29 is 19.4 Å². The maximum absolute atomic E-state index is 12.0. The molecular weight excluding hydrogens is 362 g/mol. The van der Waals surface area contributed by atoms with Crippen LogP contribution >= 0.6 is 11.3 Å². The molecule has 0 saturated carbocycles. The van der Waals surface area contributed by atoms with Crippen LogP contribution in [0, 0.1) is 20.2 Å². The summed E-state index contributed by atoms with van der Waals surface area (Å²) in [6.45, 7) is -0.0427. The van der Waals surface area contributed by atoms with E-state index in [0.717, 1.165) is 22.3 Å². The molecule has 0 N–H and O–H groups in total. The van der Waals surface area contributed by atoms with Gasteiger partial charge in [0.2, 0.25) is 0 Å². The second-order valence-electron chi connectivity index (χ2n) is 5.24. The third-order valence-corrected chi connectivity index (χ3v) is 4.52. The van der Waals surface area contributed by atoms with Crippen LogP contribution in [0.2, 0.25) is 0 Å². The van der Waals surface area contributed by atoms with Crippen LogP contribution in [0.5, 0.6) is 0 Å². The maximum atomic E-state index is 12.0. The summed E-state index contributed by atoms with van der Waals surface area (Å²) < 4.78 is 6.09. The standard InChI is InChI=1S/C16H11N3O6S/c20-16(25-9-15-17-12-3-1-2-4-14(12)26-15)7-10-5-6-11(18(21)22)8-13(10)19(23)24/h1-6,8H,7,9H2. The largest absolute Gasteiger partial charge is 0.458 e. The van der Waals surface area contributed by atoms with Crippen molar-refractivity contribution in [2.24, 2.45) is 0 Å². The van der Waals surface area contributed by atoms with E-state index in [9.17, 15) is 25.0 Å². The fourth-order valence-corrected chi connectivity index (χ4v) is 3.20. The molecule has 0 radical (unpaired) electrons. The fraction of sp³-hybridized carbons (Fsp3) is 0.125. The van der Waals surface area contributed by atoms with Gasteiger partial charge in [-0.3, -0.25) is 25.0 Å². The van der Waals surface area contributed by atoms with Crippen molar-refractivity contribution in [2.45, 2.75) is 13.0 Å². The minimum Gasteiger partial charge on any atom is -0.458 e. The summed E-state index contributed by atoms with van der Waals surface area (Å²) in [6, 6.07) is 10.6. The Morgan fingerprint density at radius 1 is 1.12 bits per heavy atom. The molecule has 0 spiro atoms. The molecule has 0 bridgehead atoms. The number of benzene rings is 2. The number of ether oxygens (including phenoxy) is 1. The van der Waals surface area contributed by atoms with Crippen molar-refractivity contribution >= 4 is 38.9 Å². The first-order chi connectivity index (χ1) is 12.4. The van der Waals surface area contributed by atoms with Crippen LogP contribution in [0.25, 0.3) is 10.2 Å². The minimum atomic E-state index is -0.761. The Bertz CT molecular complexity index is 983. The van der Waals surface area contributed by atoms with Crippen LogP contribution in [-0.4, -0.2) is 20.8 Å². The van der Waals surface area contributed by atoms with E-state index in [4.69, 9.17) is 4.74 Å². The number of non-ortho nitro benzene ring substituents is 1. The van der Waals surface area contributed by atoms with Gasteiger partial charge in [-0.2, -0.15) is 0 Å². The van der Waals surface area contributed by atoms with E-state index in [0.29, 0.717) is 5.01 Å². The van der Waals surface area contributed by atoms with Crippen LogP contribution in [0.1, 0.15) is 10.6 Å². The molecule has 0 aliphatic carbocycles. The first kappa shape index (κ1) is 17.4. The summed E-state index contributed by atoms with van der Waals surface area (Å²) >= 11 is 1.39. The molecule has 0 fully saturated rings. The quantitative estimate of drug-likeness (QED) is 0.368. The van der Waals surface area contributed by atoms with Gasteiger partial charge in [0, 0.05) is 11.6 Å². The van der Waals surface area contributed by atoms with Crippen LogP contribution in [-0.2, 0) is 22.6 Å². The first-order valence-electron chi connectivity index (χ1n) is 7.36. The van der Waals surface area contributed by atoms with Gasteiger partial charge in [0.1, 0.15) is 11.6 Å². The molecule has 3 rings (SSSR count). The van der Waals surface area contributed by atoms with Gasteiger partial charge >= 0.3 is 5.97 Å². The molecule has 0 atom stereocenters. The zero-order valence-corrected chi connectivity index (χ0v) is 14.0. The van der Waals surface area contributed by atoms with E-state index >= 15 is 0 Å². The van der Waals surface area contributed by atoms with Crippen molar-refractivity contribution in [2.75, 3.05) is 0 Å². The molecule has 0 amide bonds. The SMILES string of the molecule is O=C(Cc1ccc([N+](=O)[O-])cc1[N+](=O)[O-])OCc1nc2ccccc2s1. The Morgan fingerprint density at radius 3 is 2.58 bits per heavy atom. The van der Waals surface area contributed by atoms with Gasteiger partial charge in [-0.15, -0.1) is 11.3 Å². The lowest BCUT2D eigenvalue weighted by molar-refractivity contribution is -0.394. The van der Waals surface area contributed by atoms with E-state index in [1.54, 1.807) is 0 Å². The number of thiazole rings is 1. The van der Waals surface area contributed by atoms with Gasteiger partial charge in [-0.05, 0) is 18.2 Å². The maximum Gasteiger partial charge on any atom is 0.310 e. The molecule has 0 unspecified atom stereocenters. The molecule has 0 aliphatic rings. The first-order valence-corrected chi connectivity index (χ1v) is 8.17. The summed E-state index contributed by atoms with van der Waals surface area (Å²) in [5, 5.41) is 22.4. The number of hydrogen-bond donors (Lipinski definition) is 0. The highest BCUT2D eigenvalue weighted by atomic mass is 32.1. The zero-order valence-electron chi connectivity index (χ0n) is 13.2. The molecule has 0 aliphatic heterocycles. The van der Waals surface area contributed by atoms with E-state index in [-0.39, 0.29) is 18.6 Å². The number of nitro benzene ring substituents is 2. The van der Waals surface area contributed by atoms with Gasteiger partial charge in [-0.1, -0.05) is 12.1 Å². The summed E-state index contributed by atoms with van der Waals surface area (Å²) in [6.07, 6.45) is -0.362. The Labute approximate surface area is 150 Å². The smallest absolute Gasteiger partial charge is 0.310 e. The van der Waals surface area contributed by atoms with Crippen LogP contribution in [0.3, 0.4) is 0 Å². The molecule has 10 heteroatoms. The Hall–Kier alpha value is -3.40. The summed E-state index contributed by atoms with van der Waals surface area (Å²) in [5.41, 5.74) is -0.0520. The molecule has 2 aromatic carbocycles. The molecule has 9 nitrogen and oxygen atoms in total. The number of carbonyl (C=O) groups excluding carboxylic acids is 1. The molecule has 3 aromatic rings. The lowest BCUT2D eigenvalue weighted by Gasteiger charge is -2.04. The Balaban J connectivity index is 1.69. The van der Waals surface area contributed by atoms with Crippen molar-refractivity contribution in [1.29, 1.82) is 0 Å². The molecule has 1 aromatic heterocycles. The average molecular weight is 373 g/mol. The van der Waals surface area contributed by atoms with Crippen molar-refractivity contribution in [3.05, 3.63) is 73.3 Å². The van der Waals surface area contributed by atoms with Gasteiger partial charge in [0.05, 0.1) is 32.6 Å². The number of hydrogen-bond acceptors (Lipinski definition) is 8. The number of fused-ring (bicyclic) bond motifs is 1. The van der Waals surface area contributed by atoms with Crippen LogP contribution in [0.4, 0.5) is 11.4 Å². The molecule has 132 valence electrons. The third-order valence-electron chi connectivity index (χ3n) is 3.51. The molecule has 0 saturated heterocycles. The monoisotopic (exact) mass is 373 g/mol. The number of nitro groups is 2. The number of rotatable bonds is 6. The second kappa shape index (κ2) is 7.23. The highest BCUT2D eigenvalue weighted by Crippen LogP contribution is 2.26. The van der Waals surface area contributed by atoms with Gasteiger partial charge < -0.3 is 4.74 Å².